The lowest BCUT2D eigenvalue weighted by molar-refractivity contribution is -0.126. The summed E-state index contributed by atoms with van der Waals surface area (Å²) in [7, 11) is -3.71. The van der Waals surface area contributed by atoms with Crippen molar-refractivity contribution in [3.8, 4) is 0 Å². The third-order valence-corrected chi connectivity index (χ3v) is 7.47. The minimum absolute atomic E-state index is 0.0289. The highest BCUT2D eigenvalue weighted by atomic mass is 32.2. The number of carbonyl (C=O) groups is 1. The van der Waals surface area contributed by atoms with Crippen molar-refractivity contribution in [3.63, 3.8) is 0 Å². The van der Waals surface area contributed by atoms with Crippen LogP contribution in [-0.2, 0) is 14.8 Å². The molecule has 1 amide bonds. The molecular weight excluding hydrogens is 425 g/mol. The van der Waals surface area contributed by atoms with E-state index in [0.29, 0.717) is 25.9 Å². The molecule has 2 heterocycles. The summed E-state index contributed by atoms with van der Waals surface area (Å²) in [5.74, 6) is -0.603. The maximum absolute atomic E-state index is 13.0. The number of fused-ring (bicyclic) bond motifs is 1. The van der Waals surface area contributed by atoms with Crippen molar-refractivity contribution in [1.29, 1.82) is 0 Å². The average Bonchev–Trinajstić information content (AvgIpc) is 3.16. The summed E-state index contributed by atoms with van der Waals surface area (Å²) in [4.78, 5) is 18.7. The summed E-state index contributed by atoms with van der Waals surface area (Å²) in [6, 6.07) is 12.3. The summed E-state index contributed by atoms with van der Waals surface area (Å²) >= 11 is 1.52. The smallest absolute Gasteiger partial charge is 0.246 e. The van der Waals surface area contributed by atoms with Gasteiger partial charge in [0.25, 0.3) is 0 Å². The molecule has 156 valence electrons. The monoisotopic (exact) mass is 445 g/mol. The molecule has 1 saturated heterocycles. The second-order valence-electron chi connectivity index (χ2n) is 7.03. The SMILES string of the molecule is O=C(/C=C/c1nc2ccccc2s1)N1CCC(NS(=O)(=O)c2ccc(F)cc2)CC1. The van der Waals surface area contributed by atoms with Gasteiger partial charge in [-0.15, -0.1) is 11.3 Å². The second-order valence-corrected chi connectivity index (χ2v) is 9.80. The highest BCUT2D eigenvalue weighted by molar-refractivity contribution is 7.89. The molecule has 1 aliphatic rings. The first-order valence-corrected chi connectivity index (χ1v) is 11.8. The van der Waals surface area contributed by atoms with Gasteiger partial charge in [0, 0.05) is 25.2 Å². The number of thiazole rings is 1. The number of halogens is 1. The Morgan fingerprint density at radius 1 is 1.13 bits per heavy atom. The van der Waals surface area contributed by atoms with Crippen LogP contribution < -0.4 is 4.72 Å². The maximum Gasteiger partial charge on any atom is 0.246 e. The number of sulfonamides is 1. The van der Waals surface area contributed by atoms with Crippen LogP contribution in [0, 0.1) is 5.82 Å². The molecule has 1 N–H and O–H groups in total. The van der Waals surface area contributed by atoms with Crippen LogP contribution in [0.3, 0.4) is 0 Å². The van der Waals surface area contributed by atoms with E-state index in [9.17, 15) is 17.6 Å². The Bertz CT molecular complexity index is 1150. The standard InChI is InChI=1S/C21H20FN3O3S2/c22-15-5-7-17(8-6-15)30(27,28)24-16-11-13-25(14-12-16)21(26)10-9-20-23-18-3-1-2-4-19(18)29-20/h1-10,16,24H,11-14H2/b10-9+. The van der Waals surface area contributed by atoms with E-state index in [0.717, 1.165) is 27.4 Å². The van der Waals surface area contributed by atoms with Gasteiger partial charge in [-0.3, -0.25) is 4.79 Å². The van der Waals surface area contributed by atoms with Crippen molar-refractivity contribution in [2.75, 3.05) is 13.1 Å². The maximum atomic E-state index is 13.0. The fourth-order valence-corrected chi connectivity index (χ4v) is 5.50. The van der Waals surface area contributed by atoms with Crippen molar-refractivity contribution >= 4 is 43.6 Å². The lowest BCUT2D eigenvalue weighted by Crippen LogP contribution is -2.46. The minimum atomic E-state index is -3.71. The van der Waals surface area contributed by atoms with E-state index in [1.54, 1.807) is 11.0 Å². The van der Waals surface area contributed by atoms with Gasteiger partial charge in [0.05, 0.1) is 15.1 Å². The Kier molecular flexibility index (Phi) is 5.94. The Labute approximate surface area is 178 Å². The van der Waals surface area contributed by atoms with Gasteiger partial charge in [0.15, 0.2) is 0 Å². The normalized spacial score (nSPS) is 15.8. The number of likely N-dealkylation sites (tertiary alicyclic amines) is 1. The number of carbonyl (C=O) groups excluding carboxylic acids is 1. The number of benzene rings is 2. The average molecular weight is 446 g/mol. The molecule has 3 aromatic rings. The Morgan fingerprint density at radius 2 is 1.83 bits per heavy atom. The summed E-state index contributed by atoms with van der Waals surface area (Å²) in [5, 5.41) is 0.770. The molecule has 0 aliphatic carbocycles. The molecule has 0 unspecified atom stereocenters. The predicted molar refractivity (Wildman–Crippen MR) is 115 cm³/mol. The highest BCUT2D eigenvalue weighted by Crippen LogP contribution is 2.22. The number of piperidine rings is 1. The number of para-hydroxylation sites is 1. The van der Waals surface area contributed by atoms with E-state index in [4.69, 9.17) is 0 Å². The van der Waals surface area contributed by atoms with E-state index in [-0.39, 0.29) is 16.8 Å². The molecule has 2 aromatic carbocycles. The van der Waals surface area contributed by atoms with Crippen LogP contribution in [0.5, 0.6) is 0 Å². The quantitative estimate of drug-likeness (QED) is 0.611. The first-order chi connectivity index (χ1) is 14.4. The minimum Gasteiger partial charge on any atom is -0.339 e. The van der Waals surface area contributed by atoms with E-state index in [1.807, 2.05) is 24.3 Å². The van der Waals surface area contributed by atoms with Gasteiger partial charge in [0.1, 0.15) is 10.8 Å². The Hall–Kier alpha value is -2.62. The number of rotatable bonds is 5. The van der Waals surface area contributed by atoms with E-state index in [2.05, 4.69) is 9.71 Å². The summed E-state index contributed by atoms with van der Waals surface area (Å²) in [6.07, 6.45) is 4.26. The van der Waals surface area contributed by atoms with E-state index >= 15 is 0 Å². The van der Waals surface area contributed by atoms with Gasteiger partial charge in [-0.1, -0.05) is 12.1 Å². The molecule has 1 aromatic heterocycles. The molecule has 0 saturated carbocycles. The summed E-state index contributed by atoms with van der Waals surface area (Å²) in [5.41, 5.74) is 0.906. The van der Waals surface area contributed by atoms with E-state index < -0.39 is 15.8 Å². The van der Waals surface area contributed by atoms with Gasteiger partial charge in [-0.2, -0.15) is 0 Å². The molecule has 4 rings (SSSR count). The Balaban J connectivity index is 1.32. The first kappa shape index (κ1) is 20.6. The van der Waals surface area contributed by atoms with Gasteiger partial charge >= 0.3 is 0 Å². The fraction of sp³-hybridized carbons (Fsp3) is 0.238. The largest absolute Gasteiger partial charge is 0.339 e. The second kappa shape index (κ2) is 8.63. The number of nitrogens with zero attached hydrogens (tertiary/aromatic N) is 2. The summed E-state index contributed by atoms with van der Waals surface area (Å²) in [6.45, 7) is 0.916. The molecule has 0 spiro atoms. The molecule has 6 nitrogen and oxygen atoms in total. The van der Waals surface area contributed by atoms with Crippen LogP contribution >= 0.6 is 11.3 Å². The molecule has 0 atom stereocenters. The van der Waals surface area contributed by atoms with Crippen LogP contribution in [0.2, 0.25) is 0 Å². The Morgan fingerprint density at radius 3 is 2.53 bits per heavy atom. The molecule has 0 radical (unpaired) electrons. The van der Waals surface area contributed by atoms with Gasteiger partial charge in [-0.25, -0.2) is 22.5 Å². The number of amides is 1. The summed E-state index contributed by atoms with van der Waals surface area (Å²) < 4.78 is 41.6. The van der Waals surface area contributed by atoms with Crippen molar-refractivity contribution in [1.82, 2.24) is 14.6 Å². The van der Waals surface area contributed by atoms with Crippen LogP contribution in [0.4, 0.5) is 4.39 Å². The first-order valence-electron chi connectivity index (χ1n) is 9.51. The zero-order chi connectivity index (χ0) is 21.1. The van der Waals surface area contributed by atoms with Crippen molar-refractivity contribution in [2.24, 2.45) is 0 Å². The van der Waals surface area contributed by atoms with E-state index in [1.165, 1.54) is 29.5 Å². The lowest BCUT2D eigenvalue weighted by Gasteiger charge is -2.31. The molecule has 9 heteroatoms. The number of hydrogen-bond donors (Lipinski definition) is 1. The molecule has 1 aliphatic heterocycles. The van der Waals surface area contributed by atoms with Gasteiger partial charge in [-0.05, 0) is 55.3 Å². The van der Waals surface area contributed by atoms with Gasteiger partial charge in [0.2, 0.25) is 15.9 Å². The third-order valence-electron chi connectivity index (χ3n) is 4.93. The zero-order valence-corrected chi connectivity index (χ0v) is 17.6. The molecular formula is C21H20FN3O3S2. The fourth-order valence-electron chi connectivity index (χ4n) is 3.33. The van der Waals surface area contributed by atoms with Crippen LogP contribution in [0.15, 0.2) is 59.5 Å². The van der Waals surface area contributed by atoms with Crippen molar-refractivity contribution in [2.45, 2.75) is 23.8 Å². The number of nitrogens with one attached hydrogen (secondary N) is 1. The molecule has 30 heavy (non-hydrogen) atoms. The number of hydrogen-bond acceptors (Lipinski definition) is 5. The third kappa shape index (κ3) is 4.75. The lowest BCUT2D eigenvalue weighted by atomic mass is 10.1. The number of aromatic nitrogens is 1. The zero-order valence-electron chi connectivity index (χ0n) is 16.0. The highest BCUT2D eigenvalue weighted by Gasteiger charge is 2.26. The van der Waals surface area contributed by atoms with Crippen LogP contribution in [0.1, 0.15) is 17.8 Å². The van der Waals surface area contributed by atoms with Crippen molar-refractivity contribution in [3.05, 3.63) is 65.4 Å². The predicted octanol–water partition coefficient (Wildman–Crippen LogP) is 3.42. The van der Waals surface area contributed by atoms with Crippen LogP contribution in [0.25, 0.3) is 16.3 Å². The topological polar surface area (TPSA) is 79.4 Å². The van der Waals surface area contributed by atoms with Crippen LogP contribution in [-0.4, -0.2) is 43.3 Å². The van der Waals surface area contributed by atoms with Crippen molar-refractivity contribution < 1.29 is 17.6 Å². The van der Waals surface area contributed by atoms with Gasteiger partial charge < -0.3 is 4.90 Å². The molecule has 1 fully saturated rings. The molecule has 0 bridgehead atoms.